The number of nitrogens with two attached hydrogens (primary N) is 1. The predicted molar refractivity (Wildman–Crippen MR) is 71.4 cm³/mol. The Morgan fingerprint density at radius 3 is 2.59 bits per heavy atom. The predicted octanol–water partition coefficient (Wildman–Crippen LogP) is 3.46. The van der Waals surface area contributed by atoms with E-state index < -0.39 is 0 Å². The third-order valence-electron chi connectivity index (χ3n) is 3.75. The second-order valence-electron chi connectivity index (χ2n) is 5.42. The maximum atomic E-state index is 6.18. The van der Waals surface area contributed by atoms with Crippen LogP contribution in [0.3, 0.4) is 0 Å². The zero-order valence-electron chi connectivity index (χ0n) is 10.9. The van der Waals surface area contributed by atoms with Gasteiger partial charge in [0.05, 0.1) is 0 Å². The van der Waals surface area contributed by atoms with E-state index in [0.29, 0.717) is 12.5 Å². The Balaban J connectivity index is 2.14. The lowest BCUT2D eigenvalue weighted by molar-refractivity contribution is 0.0852. The van der Waals surface area contributed by atoms with Crippen molar-refractivity contribution in [2.24, 2.45) is 5.73 Å². The number of hydrogen-bond donors (Lipinski definition) is 1. The van der Waals surface area contributed by atoms with Crippen LogP contribution in [0.1, 0.15) is 51.0 Å². The van der Waals surface area contributed by atoms with Crippen LogP contribution < -0.4 is 10.5 Å². The van der Waals surface area contributed by atoms with E-state index in [4.69, 9.17) is 10.5 Å². The van der Waals surface area contributed by atoms with Gasteiger partial charge < -0.3 is 10.5 Å². The van der Waals surface area contributed by atoms with Crippen molar-refractivity contribution in [1.29, 1.82) is 0 Å². The second kappa shape index (κ2) is 5.09. The lowest BCUT2D eigenvalue weighted by atomic mass is 10.0. The molecule has 0 aromatic heterocycles. The molecule has 1 aliphatic rings. The number of benzene rings is 1. The Kier molecular flexibility index (Phi) is 3.72. The van der Waals surface area contributed by atoms with E-state index in [9.17, 15) is 0 Å². The molecule has 1 aromatic carbocycles. The summed E-state index contributed by atoms with van der Waals surface area (Å²) < 4.78 is 6.18. The molecule has 0 radical (unpaired) electrons. The Labute approximate surface area is 104 Å². The van der Waals surface area contributed by atoms with Gasteiger partial charge in [-0.3, -0.25) is 0 Å². The lowest BCUT2D eigenvalue weighted by Crippen LogP contribution is -2.40. The fourth-order valence-electron chi connectivity index (χ4n) is 2.55. The first-order valence-corrected chi connectivity index (χ1v) is 6.64. The lowest BCUT2D eigenvalue weighted by Gasteiger charge is -2.29. The van der Waals surface area contributed by atoms with Crippen molar-refractivity contribution in [2.45, 2.75) is 51.0 Å². The van der Waals surface area contributed by atoms with Crippen molar-refractivity contribution in [3.63, 3.8) is 0 Å². The summed E-state index contributed by atoms with van der Waals surface area (Å²) in [5.74, 6) is 1.51. The van der Waals surface area contributed by atoms with E-state index in [0.717, 1.165) is 18.6 Å². The molecule has 17 heavy (non-hydrogen) atoms. The average Bonchev–Trinajstić information content (AvgIpc) is 2.78. The van der Waals surface area contributed by atoms with Gasteiger partial charge in [-0.1, -0.05) is 26.0 Å². The van der Waals surface area contributed by atoms with Crippen LogP contribution in [0, 0.1) is 0 Å². The van der Waals surface area contributed by atoms with Crippen molar-refractivity contribution in [1.82, 2.24) is 0 Å². The Hall–Kier alpha value is -1.02. The molecule has 1 fully saturated rings. The monoisotopic (exact) mass is 233 g/mol. The molecule has 94 valence electrons. The van der Waals surface area contributed by atoms with Crippen molar-refractivity contribution in [3.8, 4) is 5.75 Å². The minimum atomic E-state index is -0.102. The maximum Gasteiger partial charge on any atom is 0.121 e. The van der Waals surface area contributed by atoms with Crippen LogP contribution >= 0.6 is 0 Å². The highest BCUT2D eigenvalue weighted by molar-refractivity contribution is 5.31. The smallest absolute Gasteiger partial charge is 0.121 e. The molecule has 0 atom stereocenters. The second-order valence-corrected chi connectivity index (χ2v) is 5.42. The van der Waals surface area contributed by atoms with Gasteiger partial charge in [0.2, 0.25) is 0 Å². The highest BCUT2D eigenvalue weighted by Gasteiger charge is 2.34. The fourth-order valence-corrected chi connectivity index (χ4v) is 2.55. The molecule has 1 saturated carbocycles. The molecule has 1 aromatic rings. The molecule has 2 heteroatoms. The minimum Gasteiger partial charge on any atom is -0.486 e. The van der Waals surface area contributed by atoms with E-state index in [1.165, 1.54) is 18.4 Å². The van der Waals surface area contributed by atoms with Gasteiger partial charge in [0.1, 0.15) is 11.4 Å². The van der Waals surface area contributed by atoms with Crippen LogP contribution in [0.15, 0.2) is 24.3 Å². The Morgan fingerprint density at radius 1 is 1.29 bits per heavy atom. The standard InChI is InChI=1S/C15H23NO/c1-12(2)13-6-5-7-14(10-13)17-15(11-16)8-3-4-9-15/h5-7,10,12H,3-4,8-9,11,16H2,1-2H3. The molecule has 0 aliphatic heterocycles. The molecule has 2 N–H and O–H groups in total. The zero-order valence-corrected chi connectivity index (χ0v) is 10.9. The van der Waals surface area contributed by atoms with E-state index in [2.05, 4.69) is 32.0 Å². The van der Waals surface area contributed by atoms with Crippen molar-refractivity contribution in [2.75, 3.05) is 6.54 Å². The van der Waals surface area contributed by atoms with Crippen molar-refractivity contribution >= 4 is 0 Å². The molecule has 0 unspecified atom stereocenters. The molecule has 0 saturated heterocycles. The minimum absolute atomic E-state index is 0.102. The van der Waals surface area contributed by atoms with Gasteiger partial charge >= 0.3 is 0 Å². The highest BCUT2D eigenvalue weighted by atomic mass is 16.5. The van der Waals surface area contributed by atoms with Gasteiger partial charge in [-0.15, -0.1) is 0 Å². The van der Waals surface area contributed by atoms with E-state index in [1.807, 2.05) is 6.07 Å². The molecule has 0 bridgehead atoms. The SMILES string of the molecule is CC(C)c1cccc(OC2(CN)CCCC2)c1. The number of rotatable bonds is 4. The molecular formula is C15H23NO. The topological polar surface area (TPSA) is 35.2 Å². The van der Waals surface area contributed by atoms with Gasteiger partial charge in [-0.25, -0.2) is 0 Å². The normalized spacial score (nSPS) is 18.6. The van der Waals surface area contributed by atoms with E-state index in [-0.39, 0.29) is 5.60 Å². The summed E-state index contributed by atoms with van der Waals surface area (Å²) in [6.07, 6.45) is 4.66. The maximum absolute atomic E-state index is 6.18. The molecule has 1 aliphatic carbocycles. The van der Waals surface area contributed by atoms with Gasteiger partial charge in [-0.05, 0) is 49.3 Å². The third-order valence-corrected chi connectivity index (χ3v) is 3.75. The summed E-state index contributed by atoms with van der Waals surface area (Å²) in [6.45, 7) is 5.03. The highest BCUT2D eigenvalue weighted by Crippen LogP contribution is 2.34. The quantitative estimate of drug-likeness (QED) is 0.864. The summed E-state index contributed by atoms with van der Waals surface area (Å²) in [7, 11) is 0. The van der Waals surface area contributed by atoms with Crippen LogP contribution in [0.4, 0.5) is 0 Å². The molecule has 0 amide bonds. The van der Waals surface area contributed by atoms with Gasteiger partial charge in [0.25, 0.3) is 0 Å². The van der Waals surface area contributed by atoms with Crippen LogP contribution in [-0.2, 0) is 0 Å². The average molecular weight is 233 g/mol. The van der Waals surface area contributed by atoms with E-state index in [1.54, 1.807) is 0 Å². The first-order chi connectivity index (χ1) is 8.15. The van der Waals surface area contributed by atoms with Gasteiger partial charge in [0, 0.05) is 6.54 Å². The van der Waals surface area contributed by atoms with E-state index >= 15 is 0 Å². The largest absolute Gasteiger partial charge is 0.486 e. The van der Waals surface area contributed by atoms with Crippen molar-refractivity contribution in [3.05, 3.63) is 29.8 Å². The summed E-state index contributed by atoms with van der Waals surface area (Å²) in [5.41, 5.74) is 7.11. The number of hydrogen-bond acceptors (Lipinski definition) is 2. The van der Waals surface area contributed by atoms with Crippen LogP contribution in [0.5, 0.6) is 5.75 Å². The number of ether oxygens (including phenoxy) is 1. The van der Waals surface area contributed by atoms with Gasteiger partial charge in [-0.2, -0.15) is 0 Å². The van der Waals surface area contributed by atoms with Crippen LogP contribution in [-0.4, -0.2) is 12.1 Å². The first kappa shape index (κ1) is 12.4. The Morgan fingerprint density at radius 2 is 2.00 bits per heavy atom. The van der Waals surface area contributed by atoms with Gasteiger partial charge in [0.15, 0.2) is 0 Å². The summed E-state index contributed by atoms with van der Waals surface area (Å²) >= 11 is 0. The third kappa shape index (κ3) is 2.81. The first-order valence-electron chi connectivity index (χ1n) is 6.64. The molecule has 0 heterocycles. The molecule has 2 nitrogen and oxygen atoms in total. The zero-order chi connectivity index (χ0) is 12.3. The van der Waals surface area contributed by atoms with Crippen molar-refractivity contribution < 1.29 is 4.74 Å². The summed E-state index contributed by atoms with van der Waals surface area (Å²) in [5, 5.41) is 0. The van der Waals surface area contributed by atoms with Crippen LogP contribution in [0.25, 0.3) is 0 Å². The summed E-state index contributed by atoms with van der Waals surface area (Å²) in [4.78, 5) is 0. The molecule has 2 rings (SSSR count). The Bertz CT molecular complexity index is 367. The molecular weight excluding hydrogens is 210 g/mol. The fraction of sp³-hybridized carbons (Fsp3) is 0.600. The molecule has 0 spiro atoms. The summed E-state index contributed by atoms with van der Waals surface area (Å²) in [6, 6.07) is 8.42. The van der Waals surface area contributed by atoms with Crippen LogP contribution in [0.2, 0.25) is 0 Å².